The quantitative estimate of drug-likeness (QED) is 0.920. The molecule has 2 rings (SSSR count). The lowest BCUT2D eigenvalue weighted by atomic mass is 10.2. The zero-order valence-electron chi connectivity index (χ0n) is 12.0. The van der Waals surface area contributed by atoms with Gasteiger partial charge in [0.25, 0.3) is 5.91 Å². The molecule has 0 saturated heterocycles. The Hall–Kier alpha value is -2.21. The van der Waals surface area contributed by atoms with Gasteiger partial charge >= 0.3 is 0 Å². The van der Waals surface area contributed by atoms with Crippen molar-refractivity contribution in [3.63, 3.8) is 0 Å². The van der Waals surface area contributed by atoms with Crippen molar-refractivity contribution in [3.8, 4) is 0 Å². The molecule has 0 bridgehead atoms. The molecule has 1 amide bonds. The van der Waals surface area contributed by atoms with Crippen LogP contribution in [0.3, 0.4) is 0 Å². The summed E-state index contributed by atoms with van der Waals surface area (Å²) < 4.78 is 37.5. The molecule has 0 spiro atoms. The van der Waals surface area contributed by atoms with Crippen LogP contribution in [0.2, 0.25) is 0 Å². The van der Waals surface area contributed by atoms with E-state index < -0.39 is 21.6 Å². The average Bonchev–Trinajstić information content (AvgIpc) is 2.54. The second-order valence-electron chi connectivity index (χ2n) is 4.67. The number of halogens is 1. The minimum absolute atomic E-state index is 0.00792. The topological polar surface area (TPSA) is 63.2 Å². The molecule has 6 heteroatoms. The van der Waals surface area contributed by atoms with Gasteiger partial charge in [0.15, 0.2) is 9.84 Å². The van der Waals surface area contributed by atoms with E-state index in [2.05, 4.69) is 5.32 Å². The van der Waals surface area contributed by atoms with Crippen molar-refractivity contribution in [1.82, 2.24) is 5.32 Å². The van der Waals surface area contributed by atoms with Gasteiger partial charge < -0.3 is 5.32 Å². The van der Waals surface area contributed by atoms with E-state index in [9.17, 15) is 17.6 Å². The average molecular weight is 321 g/mol. The normalized spacial score (nSPS) is 11.2. The lowest BCUT2D eigenvalue weighted by Crippen LogP contribution is -2.25. The summed E-state index contributed by atoms with van der Waals surface area (Å²) in [6.45, 7) is 1.51. The zero-order valence-corrected chi connectivity index (χ0v) is 12.9. The summed E-state index contributed by atoms with van der Waals surface area (Å²) in [4.78, 5) is 12.2. The van der Waals surface area contributed by atoms with Crippen molar-refractivity contribution in [2.45, 2.75) is 18.4 Å². The maximum absolute atomic E-state index is 13.5. The number of nitrogens with one attached hydrogen (secondary N) is 1. The molecule has 2 aromatic carbocycles. The summed E-state index contributed by atoms with van der Waals surface area (Å²) in [6, 6.07) is 12.1. The molecule has 0 aliphatic carbocycles. The first-order chi connectivity index (χ1) is 10.5. The van der Waals surface area contributed by atoms with Crippen LogP contribution in [0.4, 0.5) is 4.39 Å². The number of rotatable bonds is 5. The van der Waals surface area contributed by atoms with Crippen molar-refractivity contribution in [3.05, 3.63) is 65.5 Å². The van der Waals surface area contributed by atoms with Gasteiger partial charge in [-0.2, -0.15) is 0 Å². The van der Waals surface area contributed by atoms with Crippen molar-refractivity contribution in [2.75, 3.05) is 5.75 Å². The summed E-state index contributed by atoms with van der Waals surface area (Å²) in [5.74, 6) is -1.06. The number of carbonyl (C=O) groups excluding carboxylic acids is 1. The minimum atomic E-state index is -3.50. The fourth-order valence-electron chi connectivity index (χ4n) is 1.99. The third kappa shape index (κ3) is 3.51. The summed E-state index contributed by atoms with van der Waals surface area (Å²) >= 11 is 0. The Bertz CT molecular complexity index is 787. The number of carbonyl (C=O) groups is 1. The highest BCUT2D eigenvalue weighted by atomic mass is 32.2. The van der Waals surface area contributed by atoms with E-state index >= 15 is 0 Å². The maximum atomic E-state index is 13.5. The molecule has 116 valence electrons. The van der Waals surface area contributed by atoms with Gasteiger partial charge in [0.1, 0.15) is 5.82 Å². The van der Waals surface area contributed by atoms with Crippen LogP contribution in [0.25, 0.3) is 0 Å². The van der Waals surface area contributed by atoms with Gasteiger partial charge in [0.05, 0.1) is 16.2 Å². The third-order valence-corrected chi connectivity index (χ3v) is 5.03. The van der Waals surface area contributed by atoms with Crippen molar-refractivity contribution < 1.29 is 17.6 Å². The molecule has 22 heavy (non-hydrogen) atoms. The highest BCUT2D eigenvalue weighted by molar-refractivity contribution is 7.91. The first-order valence-electron chi connectivity index (χ1n) is 6.79. The van der Waals surface area contributed by atoms with Gasteiger partial charge in [-0.3, -0.25) is 4.79 Å². The lowest BCUT2D eigenvalue weighted by Gasteiger charge is -2.10. The number of amides is 1. The molecule has 0 aliphatic heterocycles. The van der Waals surface area contributed by atoms with Crippen LogP contribution in [0, 0.1) is 5.82 Å². The van der Waals surface area contributed by atoms with Crippen molar-refractivity contribution in [1.29, 1.82) is 0 Å². The van der Waals surface area contributed by atoms with E-state index in [1.165, 1.54) is 25.1 Å². The Morgan fingerprint density at radius 1 is 1.09 bits per heavy atom. The molecule has 0 saturated carbocycles. The second kappa shape index (κ2) is 6.70. The summed E-state index contributed by atoms with van der Waals surface area (Å²) in [5, 5.41) is 2.55. The molecule has 0 fully saturated rings. The van der Waals surface area contributed by atoms with Crippen molar-refractivity contribution >= 4 is 15.7 Å². The van der Waals surface area contributed by atoms with Crippen LogP contribution in [0.1, 0.15) is 22.8 Å². The van der Waals surface area contributed by atoms with Crippen LogP contribution in [0.15, 0.2) is 53.4 Å². The van der Waals surface area contributed by atoms with Gasteiger partial charge in [-0.25, -0.2) is 12.8 Å². The zero-order chi connectivity index (χ0) is 16.2. The van der Waals surface area contributed by atoms with E-state index in [1.54, 1.807) is 30.3 Å². The predicted octanol–water partition coefficient (Wildman–Crippen LogP) is 2.55. The molecular formula is C16H16FNO3S. The SMILES string of the molecule is CCS(=O)(=O)c1ccccc1C(=O)NCc1ccccc1F. The van der Waals surface area contributed by atoms with Gasteiger partial charge in [0, 0.05) is 12.1 Å². The number of benzene rings is 2. The Morgan fingerprint density at radius 3 is 2.41 bits per heavy atom. The third-order valence-electron chi connectivity index (χ3n) is 3.24. The van der Waals surface area contributed by atoms with Gasteiger partial charge in [-0.05, 0) is 18.2 Å². The highest BCUT2D eigenvalue weighted by Crippen LogP contribution is 2.17. The predicted molar refractivity (Wildman–Crippen MR) is 81.7 cm³/mol. The first-order valence-corrected chi connectivity index (χ1v) is 8.44. The Labute approximate surface area is 128 Å². The van der Waals surface area contributed by atoms with Crippen LogP contribution < -0.4 is 5.32 Å². The Kier molecular flexibility index (Phi) is 4.92. The monoisotopic (exact) mass is 321 g/mol. The molecular weight excluding hydrogens is 305 g/mol. The van der Waals surface area contributed by atoms with Gasteiger partial charge in [-0.1, -0.05) is 37.3 Å². The Morgan fingerprint density at radius 2 is 1.73 bits per heavy atom. The molecule has 0 atom stereocenters. The lowest BCUT2D eigenvalue weighted by molar-refractivity contribution is 0.0947. The first kappa shape index (κ1) is 16.2. The number of hydrogen-bond donors (Lipinski definition) is 1. The number of hydrogen-bond acceptors (Lipinski definition) is 3. The number of sulfone groups is 1. The second-order valence-corrected chi connectivity index (χ2v) is 6.92. The Balaban J connectivity index is 2.23. The van der Waals surface area contributed by atoms with E-state index in [0.717, 1.165) is 0 Å². The molecule has 2 aromatic rings. The van der Waals surface area contributed by atoms with E-state index in [1.807, 2.05) is 0 Å². The van der Waals surface area contributed by atoms with Crippen molar-refractivity contribution in [2.24, 2.45) is 0 Å². The fraction of sp³-hybridized carbons (Fsp3) is 0.188. The van der Waals surface area contributed by atoms with Gasteiger partial charge in [0.2, 0.25) is 0 Å². The van der Waals surface area contributed by atoms with Gasteiger partial charge in [-0.15, -0.1) is 0 Å². The van der Waals surface area contributed by atoms with Crippen LogP contribution in [-0.2, 0) is 16.4 Å². The molecule has 0 aliphatic rings. The summed E-state index contributed by atoms with van der Waals surface area (Å²) in [6.07, 6.45) is 0. The van der Waals surface area contributed by atoms with Crippen LogP contribution >= 0.6 is 0 Å². The summed E-state index contributed by atoms with van der Waals surface area (Å²) in [7, 11) is -3.50. The molecule has 0 radical (unpaired) electrons. The van der Waals surface area contributed by atoms with Crippen LogP contribution in [-0.4, -0.2) is 20.1 Å². The van der Waals surface area contributed by atoms with E-state index in [0.29, 0.717) is 5.56 Å². The van der Waals surface area contributed by atoms with Crippen LogP contribution in [0.5, 0.6) is 0 Å². The standard InChI is InChI=1S/C16H16FNO3S/c1-2-22(20,21)15-10-6-4-8-13(15)16(19)18-11-12-7-3-5-9-14(12)17/h3-10H,2,11H2,1H3,(H,18,19). The maximum Gasteiger partial charge on any atom is 0.252 e. The van der Waals surface area contributed by atoms with E-state index in [4.69, 9.17) is 0 Å². The summed E-state index contributed by atoms with van der Waals surface area (Å²) in [5.41, 5.74) is 0.410. The molecule has 0 aromatic heterocycles. The smallest absolute Gasteiger partial charge is 0.252 e. The molecule has 1 N–H and O–H groups in total. The van der Waals surface area contributed by atoms with E-state index in [-0.39, 0.29) is 22.8 Å². The highest BCUT2D eigenvalue weighted by Gasteiger charge is 2.20. The molecule has 0 unspecified atom stereocenters. The molecule has 4 nitrogen and oxygen atoms in total. The fourth-order valence-corrected chi connectivity index (χ4v) is 3.09. The molecule has 0 heterocycles. The largest absolute Gasteiger partial charge is 0.348 e. The minimum Gasteiger partial charge on any atom is -0.348 e.